The quantitative estimate of drug-likeness (QED) is 0.713. The van der Waals surface area contributed by atoms with Gasteiger partial charge in [0.2, 0.25) is 0 Å². The predicted octanol–water partition coefficient (Wildman–Crippen LogP) is 5.33. The second-order valence-electron chi connectivity index (χ2n) is 6.25. The van der Waals surface area contributed by atoms with Gasteiger partial charge in [-0.15, -0.1) is 0 Å². The molecule has 0 aromatic heterocycles. The van der Waals surface area contributed by atoms with Crippen molar-refractivity contribution in [1.29, 1.82) is 0 Å². The van der Waals surface area contributed by atoms with E-state index in [-0.39, 0.29) is 0 Å². The van der Waals surface area contributed by atoms with Crippen molar-refractivity contribution < 1.29 is 14.3 Å². The molecular formula is C20H21Cl2NO3. The Labute approximate surface area is 163 Å². The van der Waals surface area contributed by atoms with Crippen LogP contribution in [0.1, 0.15) is 38.2 Å². The Morgan fingerprint density at radius 1 is 0.923 bits per heavy atom. The Balaban J connectivity index is 2.12. The van der Waals surface area contributed by atoms with E-state index in [1.165, 1.54) is 6.07 Å². The highest BCUT2D eigenvalue weighted by molar-refractivity contribution is 6.35. The van der Waals surface area contributed by atoms with E-state index < -0.39 is 18.5 Å². The van der Waals surface area contributed by atoms with Crippen molar-refractivity contribution >= 4 is 40.8 Å². The van der Waals surface area contributed by atoms with Crippen molar-refractivity contribution in [1.82, 2.24) is 0 Å². The number of amides is 1. The smallest absolute Gasteiger partial charge is 0.339 e. The highest BCUT2D eigenvalue weighted by Gasteiger charge is 2.20. The number of halogens is 2. The van der Waals surface area contributed by atoms with Crippen LogP contribution in [-0.4, -0.2) is 18.5 Å². The third-order valence-electron chi connectivity index (χ3n) is 4.74. The molecule has 0 aliphatic heterocycles. The second-order valence-corrected chi connectivity index (χ2v) is 7.09. The number of carbonyl (C=O) groups is 2. The summed E-state index contributed by atoms with van der Waals surface area (Å²) in [5, 5.41) is 3.38. The largest absolute Gasteiger partial charge is 0.452 e. The van der Waals surface area contributed by atoms with Crippen molar-refractivity contribution in [3.63, 3.8) is 0 Å². The summed E-state index contributed by atoms with van der Waals surface area (Å²) in [6, 6.07) is 4.73. The summed E-state index contributed by atoms with van der Waals surface area (Å²) in [6.45, 7) is 9.34. The predicted molar refractivity (Wildman–Crippen MR) is 106 cm³/mol. The number of nitrogens with one attached hydrogen (secondary N) is 1. The fraction of sp³-hybridized carbons (Fsp3) is 0.300. The Bertz CT molecular complexity index is 862. The zero-order valence-electron chi connectivity index (χ0n) is 15.4. The minimum Gasteiger partial charge on any atom is -0.452 e. The molecule has 0 unspecified atom stereocenters. The molecule has 2 rings (SSSR count). The standard InChI is InChI=1S/C20H21Cl2NO3/c1-10-11(2)13(4)19(14(5)12(10)3)20(25)26-9-18(24)23-17-8-15(21)6-7-16(17)22/h6-8H,9H2,1-5H3,(H,23,24). The van der Waals surface area contributed by atoms with Gasteiger partial charge in [-0.3, -0.25) is 4.79 Å². The number of anilines is 1. The first-order chi connectivity index (χ1) is 12.1. The van der Waals surface area contributed by atoms with Crippen LogP contribution in [-0.2, 0) is 9.53 Å². The van der Waals surface area contributed by atoms with Crippen molar-refractivity contribution in [2.45, 2.75) is 34.6 Å². The van der Waals surface area contributed by atoms with Gasteiger partial charge in [0, 0.05) is 5.02 Å². The maximum atomic E-state index is 12.5. The summed E-state index contributed by atoms with van der Waals surface area (Å²) in [4.78, 5) is 24.6. The van der Waals surface area contributed by atoms with E-state index >= 15 is 0 Å². The summed E-state index contributed by atoms with van der Waals surface area (Å²) in [7, 11) is 0. The van der Waals surface area contributed by atoms with E-state index in [4.69, 9.17) is 27.9 Å². The number of esters is 1. The van der Waals surface area contributed by atoms with Gasteiger partial charge >= 0.3 is 5.97 Å². The topological polar surface area (TPSA) is 55.4 Å². The first-order valence-corrected chi connectivity index (χ1v) is 8.88. The second kappa shape index (κ2) is 8.11. The van der Waals surface area contributed by atoms with E-state index in [1.54, 1.807) is 12.1 Å². The van der Waals surface area contributed by atoms with Crippen LogP contribution in [0.25, 0.3) is 0 Å². The fourth-order valence-corrected chi connectivity index (χ4v) is 3.13. The summed E-state index contributed by atoms with van der Waals surface area (Å²) in [5.41, 5.74) is 5.88. The van der Waals surface area contributed by atoms with Crippen molar-refractivity contribution in [3.05, 3.63) is 61.6 Å². The van der Waals surface area contributed by atoms with Crippen LogP contribution in [0.15, 0.2) is 18.2 Å². The average Bonchev–Trinajstić information content (AvgIpc) is 2.59. The summed E-state index contributed by atoms with van der Waals surface area (Å²) >= 11 is 11.9. The van der Waals surface area contributed by atoms with Crippen LogP contribution >= 0.6 is 23.2 Å². The summed E-state index contributed by atoms with van der Waals surface area (Å²) < 4.78 is 5.22. The highest BCUT2D eigenvalue weighted by Crippen LogP contribution is 2.27. The molecule has 0 atom stereocenters. The van der Waals surface area contributed by atoms with Gasteiger partial charge in [0.05, 0.1) is 16.3 Å². The van der Waals surface area contributed by atoms with E-state index in [0.29, 0.717) is 21.3 Å². The van der Waals surface area contributed by atoms with Gasteiger partial charge in [-0.05, 0) is 80.6 Å². The summed E-state index contributed by atoms with van der Waals surface area (Å²) in [6.07, 6.45) is 0. The molecule has 2 aromatic carbocycles. The van der Waals surface area contributed by atoms with E-state index in [9.17, 15) is 9.59 Å². The molecule has 4 nitrogen and oxygen atoms in total. The number of hydrogen-bond donors (Lipinski definition) is 1. The fourth-order valence-electron chi connectivity index (χ4n) is 2.79. The molecule has 0 saturated carbocycles. The number of carbonyl (C=O) groups excluding carboxylic acids is 2. The van der Waals surface area contributed by atoms with Crippen molar-refractivity contribution in [3.8, 4) is 0 Å². The number of benzene rings is 2. The molecule has 1 N–H and O–H groups in total. The van der Waals surface area contributed by atoms with Gasteiger partial charge in [0.15, 0.2) is 6.61 Å². The normalized spacial score (nSPS) is 10.6. The van der Waals surface area contributed by atoms with Gasteiger partial charge in [0.25, 0.3) is 5.91 Å². The molecule has 0 fully saturated rings. The molecular weight excluding hydrogens is 373 g/mol. The molecule has 0 aliphatic carbocycles. The van der Waals surface area contributed by atoms with E-state index in [2.05, 4.69) is 5.32 Å². The van der Waals surface area contributed by atoms with Crippen LogP contribution < -0.4 is 5.32 Å². The Morgan fingerprint density at radius 3 is 2.04 bits per heavy atom. The first kappa shape index (κ1) is 20.3. The van der Waals surface area contributed by atoms with Crippen LogP contribution in [0.4, 0.5) is 5.69 Å². The molecule has 0 aliphatic rings. The van der Waals surface area contributed by atoms with Crippen molar-refractivity contribution in [2.75, 3.05) is 11.9 Å². The first-order valence-electron chi connectivity index (χ1n) is 8.12. The van der Waals surface area contributed by atoms with Gasteiger partial charge in [-0.2, -0.15) is 0 Å². The Hall–Kier alpha value is -2.04. The summed E-state index contributed by atoms with van der Waals surface area (Å²) in [5.74, 6) is -1.00. The SMILES string of the molecule is Cc1c(C)c(C)c(C(=O)OCC(=O)Nc2cc(Cl)ccc2Cl)c(C)c1C. The monoisotopic (exact) mass is 393 g/mol. The van der Waals surface area contributed by atoms with E-state index in [0.717, 1.165) is 27.8 Å². The number of rotatable bonds is 4. The van der Waals surface area contributed by atoms with Crippen LogP contribution in [0.3, 0.4) is 0 Å². The van der Waals surface area contributed by atoms with Crippen LogP contribution in [0.5, 0.6) is 0 Å². The molecule has 138 valence electrons. The lowest BCUT2D eigenvalue weighted by atomic mass is 9.90. The third kappa shape index (κ3) is 4.19. The third-order valence-corrected chi connectivity index (χ3v) is 5.31. The van der Waals surface area contributed by atoms with Gasteiger partial charge in [0.1, 0.15) is 0 Å². The molecule has 1 amide bonds. The maximum absolute atomic E-state index is 12.5. The van der Waals surface area contributed by atoms with Gasteiger partial charge in [-0.1, -0.05) is 23.2 Å². The number of ether oxygens (including phenoxy) is 1. The lowest BCUT2D eigenvalue weighted by Gasteiger charge is -2.17. The molecule has 26 heavy (non-hydrogen) atoms. The minimum atomic E-state index is -0.515. The molecule has 0 saturated heterocycles. The molecule has 0 heterocycles. The minimum absolute atomic E-state index is 0.352. The molecule has 0 bridgehead atoms. The number of hydrogen-bond acceptors (Lipinski definition) is 3. The van der Waals surface area contributed by atoms with E-state index in [1.807, 2.05) is 34.6 Å². The molecule has 0 spiro atoms. The lowest BCUT2D eigenvalue weighted by molar-refractivity contribution is -0.119. The zero-order chi connectivity index (χ0) is 19.6. The van der Waals surface area contributed by atoms with Gasteiger partial charge in [-0.25, -0.2) is 4.79 Å². The van der Waals surface area contributed by atoms with Crippen molar-refractivity contribution in [2.24, 2.45) is 0 Å². The zero-order valence-corrected chi connectivity index (χ0v) is 16.9. The lowest BCUT2D eigenvalue weighted by Crippen LogP contribution is -2.22. The maximum Gasteiger partial charge on any atom is 0.339 e. The van der Waals surface area contributed by atoms with Crippen LogP contribution in [0.2, 0.25) is 10.0 Å². The molecule has 6 heteroatoms. The Kier molecular flexibility index (Phi) is 6.32. The average molecular weight is 394 g/mol. The van der Waals surface area contributed by atoms with Gasteiger partial charge < -0.3 is 10.1 Å². The molecule has 0 radical (unpaired) electrons. The van der Waals surface area contributed by atoms with Crippen LogP contribution in [0, 0.1) is 34.6 Å². The molecule has 2 aromatic rings. The Morgan fingerprint density at radius 2 is 1.46 bits per heavy atom. The highest BCUT2D eigenvalue weighted by atomic mass is 35.5.